The van der Waals surface area contributed by atoms with Gasteiger partial charge in [0.05, 0.1) is 6.42 Å². The maximum absolute atomic E-state index is 12.3. The van der Waals surface area contributed by atoms with E-state index < -0.39 is 18.0 Å². The van der Waals surface area contributed by atoms with Crippen LogP contribution in [0.2, 0.25) is 0 Å². The molecule has 0 aliphatic carbocycles. The lowest BCUT2D eigenvalue weighted by molar-refractivity contribution is -0.152. The zero-order chi connectivity index (χ0) is 22.2. The highest BCUT2D eigenvalue weighted by atomic mass is 16.5. The fourth-order valence-electron chi connectivity index (χ4n) is 3.21. The van der Waals surface area contributed by atoms with Crippen molar-refractivity contribution in [1.82, 2.24) is 5.32 Å². The lowest BCUT2D eigenvalue weighted by Gasteiger charge is -2.14. The van der Waals surface area contributed by atoms with E-state index in [0.717, 1.165) is 28.3 Å². The van der Waals surface area contributed by atoms with Crippen LogP contribution in [0.4, 0.5) is 5.69 Å². The molecule has 31 heavy (non-hydrogen) atoms. The van der Waals surface area contributed by atoms with Crippen LogP contribution in [0.15, 0.2) is 66.7 Å². The molecular weight excluding hydrogens is 392 g/mol. The van der Waals surface area contributed by atoms with Gasteiger partial charge in [0.25, 0.3) is 5.91 Å². The summed E-state index contributed by atoms with van der Waals surface area (Å²) in [4.78, 5) is 36.6. The van der Waals surface area contributed by atoms with Gasteiger partial charge in [-0.05, 0) is 47.4 Å². The Bertz CT molecular complexity index is 1070. The van der Waals surface area contributed by atoms with Gasteiger partial charge in [0, 0.05) is 5.69 Å². The van der Waals surface area contributed by atoms with Crippen molar-refractivity contribution < 1.29 is 19.1 Å². The Morgan fingerprint density at radius 2 is 1.65 bits per heavy atom. The van der Waals surface area contributed by atoms with Crippen molar-refractivity contribution in [3.8, 4) is 0 Å². The number of rotatable bonds is 8. The second-order valence-corrected chi connectivity index (χ2v) is 7.26. The van der Waals surface area contributed by atoms with E-state index in [0.29, 0.717) is 5.69 Å². The van der Waals surface area contributed by atoms with Crippen molar-refractivity contribution in [2.75, 3.05) is 11.9 Å². The molecule has 0 aliphatic heterocycles. The second-order valence-electron chi connectivity index (χ2n) is 7.26. The number of hydrogen-bond donors (Lipinski definition) is 2. The Morgan fingerprint density at radius 1 is 0.935 bits per heavy atom. The third-order valence-electron chi connectivity index (χ3n) is 4.97. The van der Waals surface area contributed by atoms with Gasteiger partial charge in [-0.25, -0.2) is 0 Å². The van der Waals surface area contributed by atoms with E-state index in [-0.39, 0.29) is 18.9 Å². The zero-order valence-electron chi connectivity index (χ0n) is 17.7. The molecule has 0 aromatic heterocycles. The summed E-state index contributed by atoms with van der Waals surface area (Å²) in [6.07, 6.45) is 0.0840. The van der Waals surface area contributed by atoms with E-state index in [4.69, 9.17) is 4.74 Å². The molecule has 6 heteroatoms. The first-order chi connectivity index (χ1) is 15.0. The Morgan fingerprint density at radius 3 is 2.39 bits per heavy atom. The minimum Gasteiger partial charge on any atom is -0.451 e. The summed E-state index contributed by atoms with van der Waals surface area (Å²) in [5.74, 6) is -1.39. The number of esters is 1. The highest BCUT2D eigenvalue weighted by Gasteiger charge is 2.18. The molecule has 6 nitrogen and oxygen atoms in total. The number of anilines is 1. The Balaban J connectivity index is 1.46. The van der Waals surface area contributed by atoms with E-state index in [1.54, 1.807) is 12.1 Å². The fourth-order valence-corrected chi connectivity index (χ4v) is 3.21. The summed E-state index contributed by atoms with van der Waals surface area (Å²) in [5, 5.41) is 7.32. The number of ether oxygens (including phenoxy) is 1. The maximum Gasteiger partial charge on any atom is 0.326 e. The van der Waals surface area contributed by atoms with Crippen LogP contribution in [-0.4, -0.2) is 30.4 Å². The van der Waals surface area contributed by atoms with Gasteiger partial charge >= 0.3 is 5.97 Å². The number of fused-ring (bicyclic) bond motifs is 1. The number of hydrogen-bond acceptors (Lipinski definition) is 4. The van der Waals surface area contributed by atoms with Crippen LogP contribution in [0.5, 0.6) is 0 Å². The number of nitrogens with one attached hydrogen (secondary N) is 2. The Labute approximate surface area is 181 Å². The van der Waals surface area contributed by atoms with Gasteiger partial charge in [0.2, 0.25) is 5.91 Å². The summed E-state index contributed by atoms with van der Waals surface area (Å²) >= 11 is 0. The molecule has 0 radical (unpaired) electrons. The van der Waals surface area contributed by atoms with E-state index in [9.17, 15) is 14.4 Å². The molecule has 0 heterocycles. The van der Waals surface area contributed by atoms with Gasteiger partial charge < -0.3 is 15.4 Å². The van der Waals surface area contributed by atoms with E-state index >= 15 is 0 Å². The van der Waals surface area contributed by atoms with E-state index in [1.807, 2.05) is 54.6 Å². The van der Waals surface area contributed by atoms with Crippen LogP contribution in [0, 0.1) is 0 Å². The van der Waals surface area contributed by atoms with E-state index in [2.05, 4.69) is 17.6 Å². The SMILES string of the molecule is CCc1ccc(NC(=O)[C@@H](C)OC(=O)CNC(=O)Cc2cccc3ccccc23)cc1. The summed E-state index contributed by atoms with van der Waals surface area (Å²) in [6.45, 7) is 3.24. The van der Waals surface area contributed by atoms with Gasteiger partial charge in [0.15, 0.2) is 6.10 Å². The van der Waals surface area contributed by atoms with E-state index in [1.165, 1.54) is 6.92 Å². The predicted octanol–water partition coefficient (Wildman–Crippen LogP) is 3.63. The van der Waals surface area contributed by atoms with Crippen molar-refractivity contribution >= 4 is 34.2 Å². The van der Waals surface area contributed by atoms with Crippen LogP contribution < -0.4 is 10.6 Å². The van der Waals surface area contributed by atoms with Crippen LogP contribution in [0.3, 0.4) is 0 Å². The average molecular weight is 418 g/mol. The Hall–Kier alpha value is -3.67. The van der Waals surface area contributed by atoms with Crippen molar-refractivity contribution in [3.63, 3.8) is 0 Å². The molecule has 0 saturated carbocycles. The van der Waals surface area contributed by atoms with Crippen molar-refractivity contribution in [1.29, 1.82) is 0 Å². The largest absolute Gasteiger partial charge is 0.451 e. The summed E-state index contributed by atoms with van der Waals surface area (Å²) in [5.41, 5.74) is 2.68. The molecular formula is C25H26N2O4. The first-order valence-electron chi connectivity index (χ1n) is 10.3. The quantitative estimate of drug-likeness (QED) is 0.547. The molecule has 0 fully saturated rings. The third-order valence-corrected chi connectivity index (χ3v) is 4.97. The molecule has 0 spiro atoms. The van der Waals surface area contributed by atoms with Crippen molar-refractivity contribution in [2.45, 2.75) is 32.8 Å². The Kier molecular flexibility index (Phi) is 7.38. The first-order valence-corrected chi connectivity index (χ1v) is 10.3. The lowest BCUT2D eigenvalue weighted by atomic mass is 10.0. The number of carbonyl (C=O) groups is 3. The number of carbonyl (C=O) groups excluding carboxylic acids is 3. The molecule has 2 amide bonds. The van der Waals surface area contributed by atoms with Crippen LogP contribution in [0.1, 0.15) is 25.0 Å². The topological polar surface area (TPSA) is 84.5 Å². The lowest BCUT2D eigenvalue weighted by Crippen LogP contribution is -2.36. The zero-order valence-corrected chi connectivity index (χ0v) is 17.7. The fraction of sp³-hybridized carbons (Fsp3) is 0.240. The van der Waals surface area contributed by atoms with Crippen LogP contribution >= 0.6 is 0 Å². The van der Waals surface area contributed by atoms with Crippen molar-refractivity contribution in [2.24, 2.45) is 0 Å². The van der Waals surface area contributed by atoms with Gasteiger partial charge in [-0.15, -0.1) is 0 Å². The molecule has 0 bridgehead atoms. The van der Waals surface area contributed by atoms with Crippen molar-refractivity contribution in [3.05, 3.63) is 77.9 Å². The molecule has 0 aliphatic rings. The summed E-state index contributed by atoms with van der Waals surface area (Å²) < 4.78 is 5.13. The smallest absolute Gasteiger partial charge is 0.326 e. The summed E-state index contributed by atoms with van der Waals surface area (Å²) in [7, 11) is 0. The molecule has 160 valence electrons. The predicted molar refractivity (Wildman–Crippen MR) is 121 cm³/mol. The second kappa shape index (κ2) is 10.4. The molecule has 0 unspecified atom stereocenters. The monoisotopic (exact) mass is 418 g/mol. The first kappa shape index (κ1) is 22.0. The molecule has 0 saturated heterocycles. The van der Waals surface area contributed by atoms with Crippen LogP contribution in [0.25, 0.3) is 10.8 Å². The summed E-state index contributed by atoms with van der Waals surface area (Å²) in [6, 6.07) is 21.0. The highest BCUT2D eigenvalue weighted by molar-refractivity contribution is 5.95. The number of aryl methyl sites for hydroxylation is 1. The molecule has 3 rings (SSSR count). The number of benzene rings is 3. The minimum absolute atomic E-state index is 0.151. The maximum atomic E-state index is 12.3. The standard InChI is InChI=1S/C25H26N2O4/c1-3-18-11-13-21(14-12-18)27-25(30)17(2)31-24(29)16-26-23(28)15-20-9-6-8-19-7-4-5-10-22(19)20/h4-14,17H,3,15-16H2,1-2H3,(H,26,28)(H,27,30)/t17-/m1/s1. The van der Waals surface area contributed by atoms with Gasteiger partial charge in [-0.3, -0.25) is 14.4 Å². The highest BCUT2D eigenvalue weighted by Crippen LogP contribution is 2.18. The molecule has 2 N–H and O–H groups in total. The van der Waals surface area contributed by atoms with Gasteiger partial charge in [-0.1, -0.05) is 61.5 Å². The third kappa shape index (κ3) is 6.15. The number of amides is 2. The average Bonchev–Trinajstić information content (AvgIpc) is 2.78. The van der Waals surface area contributed by atoms with Gasteiger partial charge in [-0.2, -0.15) is 0 Å². The minimum atomic E-state index is -0.978. The van der Waals surface area contributed by atoms with Crippen LogP contribution in [-0.2, 0) is 32.0 Å². The normalized spacial score (nSPS) is 11.5. The molecule has 3 aromatic carbocycles. The molecule has 1 atom stereocenters. The van der Waals surface area contributed by atoms with Gasteiger partial charge in [0.1, 0.15) is 6.54 Å². The molecule has 3 aromatic rings.